The zero-order valence-corrected chi connectivity index (χ0v) is 14.6. The molecule has 7 heteroatoms. The fraction of sp³-hybridized carbons (Fsp3) is 0.474. The summed E-state index contributed by atoms with van der Waals surface area (Å²) in [5.74, 6) is 0.195. The molecule has 2 fully saturated rings. The minimum Gasteiger partial charge on any atom is -0.491 e. The molecule has 2 heterocycles. The lowest BCUT2D eigenvalue weighted by Crippen LogP contribution is -2.32. The maximum absolute atomic E-state index is 13.5. The van der Waals surface area contributed by atoms with Gasteiger partial charge in [0, 0.05) is 18.8 Å². The van der Waals surface area contributed by atoms with Gasteiger partial charge >= 0.3 is 0 Å². The Balaban J connectivity index is 1.44. The van der Waals surface area contributed by atoms with E-state index in [1.165, 1.54) is 18.2 Å². The van der Waals surface area contributed by atoms with Gasteiger partial charge < -0.3 is 15.4 Å². The highest BCUT2D eigenvalue weighted by molar-refractivity contribution is 6.03. The van der Waals surface area contributed by atoms with Gasteiger partial charge in [0.2, 0.25) is 0 Å². The van der Waals surface area contributed by atoms with Crippen LogP contribution in [0.15, 0.2) is 30.5 Å². The monoisotopic (exact) mass is 358 g/mol. The largest absolute Gasteiger partial charge is 0.491 e. The van der Waals surface area contributed by atoms with Crippen molar-refractivity contribution in [3.05, 3.63) is 42.0 Å². The van der Waals surface area contributed by atoms with E-state index in [9.17, 15) is 9.18 Å². The van der Waals surface area contributed by atoms with Crippen molar-refractivity contribution in [3.8, 4) is 5.75 Å². The molecule has 1 unspecified atom stereocenters. The Labute approximate surface area is 151 Å². The summed E-state index contributed by atoms with van der Waals surface area (Å²) in [6, 6.07) is 6.12. The molecule has 2 aromatic rings. The van der Waals surface area contributed by atoms with E-state index in [-0.39, 0.29) is 17.8 Å². The molecule has 138 valence electrons. The Bertz CT molecular complexity index is 782. The molecule has 1 atom stereocenters. The average molecular weight is 358 g/mol. The fourth-order valence-electron chi connectivity index (χ4n) is 3.12. The molecule has 1 amide bonds. The molecular formula is C19H23FN4O2. The number of piperidine rings is 1. The summed E-state index contributed by atoms with van der Waals surface area (Å²) in [5, 5.41) is 10.5. The number of halogens is 1. The summed E-state index contributed by atoms with van der Waals surface area (Å²) in [7, 11) is 0. The minimum absolute atomic E-state index is 0.272. The lowest BCUT2D eigenvalue weighted by Gasteiger charge is -2.22. The van der Waals surface area contributed by atoms with E-state index in [0.717, 1.165) is 38.8 Å². The number of ether oxygens (including phenoxy) is 1. The van der Waals surface area contributed by atoms with Gasteiger partial charge in [-0.25, -0.2) is 4.39 Å². The molecule has 2 N–H and O–H groups in total. The highest BCUT2D eigenvalue weighted by atomic mass is 19.1. The van der Waals surface area contributed by atoms with Crippen LogP contribution >= 0.6 is 0 Å². The number of carbonyl (C=O) groups is 1. The number of aromatic nitrogens is 2. The number of amides is 1. The fourth-order valence-corrected chi connectivity index (χ4v) is 3.12. The predicted octanol–water partition coefficient (Wildman–Crippen LogP) is 2.99. The number of hydrogen-bond acceptors (Lipinski definition) is 4. The summed E-state index contributed by atoms with van der Waals surface area (Å²) >= 11 is 0. The number of nitrogens with one attached hydrogen (secondary N) is 2. The van der Waals surface area contributed by atoms with Crippen LogP contribution in [0, 0.1) is 11.7 Å². The summed E-state index contributed by atoms with van der Waals surface area (Å²) in [5.41, 5.74) is 0.805. The second-order valence-corrected chi connectivity index (χ2v) is 7.03. The molecule has 1 saturated carbocycles. The van der Waals surface area contributed by atoms with Crippen LogP contribution in [-0.4, -0.2) is 35.4 Å². The van der Waals surface area contributed by atoms with Crippen LogP contribution < -0.4 is 15.4 Å². The van der Waals surface area contributed by atoms with Crippen molar-refractivity contribution in [3.63, 3.8) is 0 Å². The van der Waals surface area contributed by atoms with Crippen molar-refractivity contribution >= 4 is 11.6 Å². The van der Waals surface area contributed by atoms with E-state index in [1.54, 1.807) is 6.07 Å². The van der Waals surface area contributed by atoms with Gasteiger partial charge in [-0.1, -0.05) is 0 Å². The number of anilines is 1. The third kappa shape index (κ3) is 4.04. The van der Waals surface area contributed by atoms with Crippen molar-refractivity contribution in [2.45, 2.75) is 31.7 Å². The first kappa shape index (κ1) is 17.0. The van der Waals surface area contributed by atoms with Crippen molar-refractivity contribution in [1.82, 2.24) is 15.1 Å². The molecule has 0 radical (unpaired) electrons. The molecule has 1 aliphatic heterocycles. The average Bonchev–Trinajstić information content (AvgIpc) is 3.36. The van der Waals surface area contributed by atoms with Crippen LogP contribution in [0.2, 0.25) is 0 Å². The van der Waals surface area contributed by atoms with Gasteiger partial charge in [-0.05, 0) is 56.3 Å². The maximum atomic E-state index is 13.5. The Morgan fingerprint density at radius 1 is 1.35 bits per heavy atom. The molecule has 1 aromatic carbocycles. The van der Waals surface area contributed by atoms with E-state index in [1.807, 2.05) is 10.9 Å². The smallest absolute Gasteiger partial charge is 0.276 e. The van der Waals surface area contributed by atoms with E-state index in [2.05, 4.69) is 15.7 Å². The lowest BCUT2D eigenvalue weighted by atomic mass is 10.1. The SMILES string of the molecule is O=C(Nc1ccc(F)cc1OCC1CC1)c1ccn(C2CCCNC2)n1. The molecular weight excluding hydrogens is 335 g/mol. The highest BCUT2D eigenvalue weighted by Gasteiger charge is 2.23. The van der Waals surface area contributed by atoms with E-state index in [4.69, 9.17) is 4.74 Å². The highest BCUT2D eigenvalue weighted by Crippen LogP contribution is 2.32. The lowest BCUT2D eigenvalue weighted by molar-refractivity contribution is 0.102. The molecule has 2 aliphatic rings. The van der Waals surface area contributed by atoms with Crippen molar-refractivity contribution in [2.24, 2.45) is 5.92 Å². The van der Waals surface area contributed by atoms with Gasteiger partial charge in [0.1, 0.15) is 11.6 Å². The van der Waals surface area contributed by atoms with Gasteiger partial charge in [0.05, 0.1) is 18.3 Å². The Kier molecular flexibility index (Phi) is 4.88. The summed E-state index contributed by atoms with van der Waals surface area (Å²) in [6.07, 6.45) is 6.27. The van der Waals surface area contributed by atoms with Gasteiger partial charge in [-0.15, -0.1) is 0 Å². The molecule has 6 nitrogen and oxygen atoms in total. The molecule has 0 spiro atoms. The van der Waals surface area contributed by atoms with E-state index < -0.39 is 0 Å². The van der Waals surface area contributed by atoms with Crippen LogP contribution in [-0.2, 0) is 0 Å². The Morgan fingerprint density at radius 2 is 2.23 bits per heavy atom. The third-order valence-corrected chi connectivity index (χ3v) is 4.85. The van der Waals surface area contributed by atoms with Crippen LogP contribution in [0.4, 0.5) is 10.1 Å². The van der Waals surface area contributed by atoms with Gasteiger partial charge in [-0.3, -0.25) is 9.48 Å². The molecule has 26 heavy (non-hydrogen) atoms. The maximum Gasteiger partial charge on any atom is 0.276 e. The first-order valence-corrected chi connectivity index (χ1v) is 9.18. The van der Waals surface area contributed by atoms with Crippen LogP contribution in [0.1, 0.15) is 42.2 Å². The van der Waals surface area contributed by atoms with Gasteiger partial charge in [0.15, 0.2) is 5.69 Å². The van der Waals surface area contributed by atoms with Crippen molar-refractivity contribution in [1.29, 1.82) is 0 Å². The number of carbonyl (C=O) groups excluding carboxylic acids is 1. The molecule has 4 rings (SSSR count). The third-order valence-electron chi connectivity index (χ3n) is 4.85. The van der Waals surface area contributed by atoms with Crippen LogP contribution in [0.25, 0.3) is 0 Å². The van der Waals surface area contributed by atoms with Crippen LogP contribution in [0.5, 0.6) is 5.75 Å². The standard InChI is InChI=1S/C19H23FN4O2/c20-14-5-6-16(18(10-14)26-12-13-3-4-13)22-19(25)17-7-9-24(23-17)15-2-1-8-21-11-15/h5-7,9-10,13,15,21H,1-4,8,11-12H2,(H,22,25). The number of nitrogens with zero attached hydrogens (tertiary/aromatic N) is 2. The zero-order chi connectivity index (χ0) is 17.9. The van der Waals surface area contributed by atoms with Crippen molar-refractivity contribution in [2.75, 3.05) is 25.0 Å². The summed E-state index contributed by atoms with van der Waals surface area (Å²) in [6.45, 7) is 2.44. The predicted molar refractivity (Wildman–Crippen MR) is 95.9 cm³/mol. The quantitative estimate of drug-likeness (QED) is 0.833. The Morgan fingerprint density at radius 3 is 3.00 bits per heavy atom. The topological polar surface area (TPSA) is 68.2 Å². The van der Waals surface area contributed by atoms with Gasteiger partial charge in [0.25, 0.3) is 5.91 Å². The van der Waals surface area contributed by atoms with Crippen LogP contribution in [0.3, 0.4) is 0 Å². The normalized spacial score (nSPS) is 20.0. The molecule has 0 bridgehead atoms. The first-order valence-electron chi connectivity index (χ1n) is 9.18. The van der Waals surface area contributed by atoms with Gasteiger partial charge in [-0.2, -0.15) is 5.10 Å². The first-order chi connectivity index (χ1) is 12.7. The minimum atomic E-state index is -0.386. The Hall–Kier alpha value is -2.41. The molecule has 1 aromatic heterocycles. The van der Waals surface area contributed by atoms with Crippen molar-refractivity contribution < 1.29 is 13.9 Å². The van der Waals surface area contributed by atoms with E-state index in [0.29, 0.717) is 29.7 Å². The zero-order valence-electron chi connectivity index (χ0n) is 14.6. The number of benzene rings is 1. The number of hydrogen-bond donors (Lipinski definition) is 2. The molecule has 1 aliphatic carbocycles. The second kappa shape index (κ2) is 7.45. The molecule has 1 saturated heterocycles. The van der Waals surface area contributed by atoms with E-state index >= 15 is 0 Å². The number of rotatable bonds is 6. The summed E-state index contributed by atoms with van der Waals surface area (Å²) < 4.78 is 21.1. The second-order valence-electron chi connectivity index (χ2n) is 7.03. The summed E-state index contributed by atoms with van der Waals surface area (Å²) in [4.78, 5) is 12.5.